The highest BCUT2D eigenvalue weighted by molar-refractivity contribution is 7.92. The van der Waals surface area contributed by atoms with Gasteiger partial charge < -0.3 is 5.32 Å². The lowest BCUT2D eigenvalue weighted by molar-refractivity contribution is -0.116. The number of benzene rings is 1. The molecule has 0 bridgehead atoms. The van der Waals surface area contributed by atoms with E-state index in [1.165, 1.54) is 21.9 Å². The van der Waals surface area contributed by atoms with Crippen molar-refractivity contribution in [3.63, 3.8) is 0 Å². The van der Waals surface area contributed by atoms with Crippen molar-refractivity contribution in [1.29, 1.82) is 0 Å². The molecule has 134 valence electrons. The highest BCUT2D eigenvalue weighted by Gasteiger charge is 2.26. The molecule has 0 saturated carbocycles. The molecule has 0 spiro atoms. The van der Waals surface area contributed by atoms with Crippen molar-refractivity contribution in [2.24, 2.45) is 0 Å². The van der Waals surface area contributed by atoms with Crippen molar-refractivity contribution >= 4 is 38.1 Å². The molecule has 1 aliphatic rings. The van der Waals surface area contributed by atoms with Gasteiger partial charge in [0.05, 0.1) is 17.6 Å². The molecule has 1 aromatic carbocycles. The zero-order valence-electron chi connectivity index (χ0n) is 14.5. The highest BCUT2D eigenvalue weighted by Crippen LogP contribution is 2.36. The van der Waals surface area contributed by atoms with Crippen LogP contribution in [0.2, 0.25) is 0 Å². The predicted molar refractivity (Wildman–Crippen MR) is 102 cm³/mol. The fourth-order valence-electron chi connectivity index (χ4n) is 2.99. The highest BCUT2D eigenvalue weighted by atomic mass is 32.2. The number of anilines is 2. The van der Waals surface area contributed by atoms with Crippen molar-refractivity contribution in [1.82, 2.24) is 4.98 Å². The number of aryl methyl sites for hydroxylation is 1. The molecule has 0 fully saturated rings. The number of rotatable bonds is 5. The van der Waals surface area contributed by atoms with Crippen molar-refractivity contribution in [3.05, 3.63) is 28.6 Å². The SMILES string of the molecule is CCCC(=O)Nc1nc(-c2ccc3c(c2)CCN3S(C)(=O)=O)c(C)s1. The molecule has 1 amide bonds. The molecule has 0 aliphatic carbocycles. The van der Waals surface area contributed by atoms with E-state index in [-0.39, 0.29) is 5.91 Å². The maximum atomic E-state index is 11.8. The van der Waals surface area contributed by atoms with Gasteiger partial charge in [-0.05, 0) is 37.5 Å². The first-order valence-electron chi connectivity index (χ1n) is 8.18. The molecule has 2 aromatic rings. The maximum Gasteiger partial charge on any atom is 0.232 e. The summed E-state index contributed by atoms with van der Waals surface area (Å²) in [6.45, 7) is 4.41. The summed E-state index contributed by atoms with van der Waals surface area (Å²) in [7, 11) is -3.24. The lowest BCUT2D eigenvalue weighted by atomic mass is 10.1. The third-order valence-electron chi connectivity index (χ3n) is 4.13. The molecule has 0 atom stereocenters. The van der Waals surface area contributed by atoms with Crippen LogP contribution in [0.15, 0.2) is 18.2 Å². The van der Waals surface area contributed by atoms with Crippen molar-refractivity contribution in [2.75, 3.05) is 22.4 Å². The van der Waals surface area contributed by atoms with Crippen LogP contribution in [0.5, 0.6) is 0 Å². The second-order valence-electron chi connectivity index (χ2n) is 6.15. The third kappa shape index (κ3) is 3.69. The van der Waals surface area contributed by atoms with E-state index in [0.717, 1.165) is 33.8 Å². The van der Waals surface area contributed by atoms with Crippen LogP contribution in [0.3, 0.4) is 0 Å². The first-order chi connectivity index (χ1) is 11.8. The summed E-state index contributed by atoms with van der Waals surface area (Å²) in [5.74, 6) is -0.0273. The fraction of sp³-hybridized carbons (Fsp3) is 0.412. The first kappa shape index (κ1) is 17.9. The van der Waals surface area contributed by atoms with Gasteiger partial charge in [0.2, 0.25) is 15.9 Å². The second kappa shape index (κ2) is 6.76. The summed E-state index contributed by atoms with van der Waals surface area (Å²) in [6, 6.07) is 5.73. The molecule has 25 heavy (non-hydrogen) atoms. The minimum atomic E-state index is -3.24. The van der Waals surface area contributed by atoms with E-state index in [1.807, 2.05) is 32.0 Å². The summed E-state index contributed by atoms with van der Waals surface area (Å²) in [5, 5.41) is 3.44. The topological polar surface area (TPSA) is 79.4 Å². The number of hydrogen-bond acceptors (Lipinski definition) is 5. The Kier molecular flexibility index (Phi) is 4.83. The molecule has 1 N–H and O–H groups in total. The number of carbonyl (C=O) groups is 1. The molecule has 0 unspecified atom stereocenters. The van der Waals surface area contributed by atoms with Crippen LogP contribution in [0.1, 0.15) is 30.2 Å². The van der Waals surface area contributed by atoms with Crippen LogP contribution < -0.4 is 9.62 Å². The Hall–Kier alpha value is -1.93. The van der Waals surface area contributed by atoms with Crippen LogP contribution in [0, 0.1) is 6.92 Å². The largest absolute Gasteiger partial charge is 0.302 e. The third-order valence-corrected chi connectivity index (χ3v) is 6.19. The summed E-state index contributed by atoms with van der Waals surface area (Å²) < 4.78 is 25.1. The number of fused-ring (bicyclic) bond motifs is 1. The van der Waals surface area contributed by atoms with Gasteiger partial charge in [0, 0.05) is 23.4 Å². The Morgan fingerprint density at radius 2 is 2.16 bits per heavy atom. The second-order valence-corrected chi connectivity index (χ2v) is 9.26. The lowest BCUT2D eigenvalue weighted by Crippen LogP contribution is -2.27. The van der Waals surface area contributed by atoms with E-state index in [4.69, 9.17) is 0 Å². The van der Waals surface area contributed by atoms with Gasteiger partial charge in [0.15, 0.2) is 5.13 Å². The molecule has 1 aromatic heterocycles. The fourth-order valence-corrected chi connectivity index (χ4v) is 4.80. The maximum absolute atomic E-state index is 11.8. The van der Waals surface area contributed by atoms with E-state index in [0.29, 0.717) is 24.5 Å². The van der Waals surface area contributed by atoms with Crippen LogP contribution >= 0.6 is 11.3 Å². The summed E-state index contributed by atoms with van der Waals surface area (Å²) in [5.41, 5.74) is 3.53. The number of amides is 1. The van der Waals surface area contributed by atoms with Gasteiger partial charge in [0.25, 0.3) is 0 Å². The number of nitrogens with zero attached hydrogens (tertiary/aromatic N) is 2. The van der Waals surface area contributed by atoms with E-state index < -0.39 is 10.0 Å². The van der Waals surface area contributed by atoms with Crippen molar-refractivity contribution in [3.8, 4) is 11.3 Å². The number of thiazole rings is 1. The zero-order chi connectivity index (χ0) is 18.2. The smallest absolute Gasteiger partial charge is 0.232 e. The van der Waals surface area contributed by atoms with Gasteiger partial charge >= 0.3 is 0 Å². The van der Waals surface area contributed by atoms with Gasteiger partial charge in [-0.3, -0.25) is 9.10 Å². The summed E-state index contributed by atoms with van der Waals surface area (Å²) in [6.07, 6.45) is 3.20. The van der Waals surface area contributed by atoms with E-state index in [9.17, 15) is 13.2 Å². The van der Waals surface area contributed by atoms with Gasteiger partial charge in [-0.25, -0.2) is 13.4 Å². The van der Waals surface area contributed by atoms with Gasteiger partial charge in [-0.15, -0.1) is 11.3 Å². The van der Waals surface area contributed by atoms with Crippen LogP contribution in [0.4, 0.5) is 10.8 Å². The monoisotopic (exact) mass is 379 g/mol. The molecule has 6 nitrogen and oxygen atoms in total. The average molecular weight is 380 g/mol. The molecular weight excluding hydrogens is 358 g/mol. The Labute approximate surface area is 151 Å². The Morgan fingerprint density at radius 1 is 1.40 bits per heavy atom. The summed E-state index contributed by atoms with van der Waals surface area (Å²) >= 11 is 1.45. The first-order valence-corrected chi connectivity index (χ1v) is 10.8. The molecule has 2 heterocycles. The summed E-state index contributed by atoms with van der Waals surface area (Å²) in [4.78, 5) is 17.3. The Bertz CT molecular complexity index is 919. The Balaban J connectivity index is 1.89. The molecule has 8 heteroatoms. The number of hydrogen-bond donors (Lipinski definition) is 1. The quantitative estimate of drug-likeness (QED) is 0.865. The minimum Gasteiger partial charge on any atom is -0.302 e. The van der Waals surface area contributed by atoms with E-state index in [2.05, 4.69) is 10.3 Å². The van der Waals surface area contributed by atoms with Gasteiger partial charge in [-0.1, -0.05) is 13.0 Å². The standard InChI is InChI=1S/C17H21N3O3S2/c1-4-5-15(21)18-17-19-16(11(2)24-17)13-6-7-14-12(10-13)8-9-20(14)25(3,22)23/h6-7,10H,4-5,8-9H2,1-3H3,(H,18,19,21). The Morgan fingerprint density at radius 3 is 2.84 bits per heavy atom. The molecule has 0 saturated heterocycles. The van der Waals surface area contributed by atoms with Crippen LogP contribution in [-0.2, 0) is 21.2 Å². The predicted octanol–water partition coefficient (Wildman–Crippen LogP) is 3.18. The molecule has 3 rings (SSSR count). The average Bonchev–Trinajstić information content (AvgIpc) is 3.09. The molecular formula is C17H21N3O3S2. The van der Waals surface area contributed by atoms with Crippen molar-refractivity contribution in [2.45, 2.75) is 33.1 Å². The molecule has 0 radical (unpaired) electrons. The van der Waals surface area contributed by atoms with E-state index in [1.54, 1.807) is 0 Å². The normalized spacial score (nSPS) is 13.8. The number of aromatic nitrogens is 1. The van der Waals surface area contributed by atoms with Crippen LogP contribution in [0.25, 0.3) is 11.3 Å². The zero-order valence-corrected chi connectivity index (χ0v) is 16.1. The number of sulfonamides is 1. The lowest BCUT2D eigenvalue weighted by Gasteiger charge is -2.16. The van der Waals surface area contributed by atoms with Gasteiger partial charge in [-0.2, -0.15) is 0 Å². The number of carbonyl (C=O) groups excluding carboxylic acids is 1. The number of nitrogens with one attached hydrogen (secondary N) is 1. The molecule has 1 aliphatic heterocycles. The minimum absolute atomic E-state index is 0.0273. The van der Waals surface area contributed by atoms with Crippen molar-refractivity contribution < 1.29 is 13.2 Å². The van der Waals surface area contributed by atoms with Gasteiger partial charge in [0.1, 0.15) is 0 Å². The van der Waals surface area contributed by atoms with Crippen LogP contribution in [-0.4, -0.2) is 32.1 Å². The van der Waals surface area contributed by atoms with E-state index >= 15 is 0 Å².